The molecule has 0 saturated carbocycles. The second-order valence-electron chi connectivity index (χ2n) is 7.71. The summed E-state index contributed by atoms with van der Waals surface area (Å²) in [5.41, 5.74) is 2.55. The van der Waals surface area contributed by atoms with Crippen molar-refractivity contribution in [3.63, 3.8) is 0 Å². The van der Waals surface area contributed by atoms with Gasteiger partial charge in [0.15, 0.2) is 16.7 Å². The number of hydrogen-bond donors (Lipinski definition) is 1. The Morgan fingerprint density at radius 3 is 2.47 bits per heavy atom. The molecular weight excluding hydrogens is 544 g/mol. The minimum absolute atomic E-state index is 0.154. The van der Waals surface area contributed by atoms with Crippen LogP contribution in [-0.2, 0) is 11.4 Å². The van der Waals surface area contributed by atoms with Crippen LogP contribution in [-0.4, -0.2) is 40.7 Å². The zero-order valence-electron chi connectivity index (χ0n) is 19.6. The molecular formula is C27H23BrN2O5S. The highest BCUT2D eigenvalue weighted by atomic mass is 79.9. The lowest BCUT2D eigenvalue weighted by Gasteiger charge is -2.13. The van der Waals surface area contributed by atoms with Crippen LogP contribution in [0.1, 0.15) is 28.4 Å². The lowest BCUT2D eigenvalue weighted by molar-refractivity contribution is -0.122. The van der Waals surface area contributed by atoms with E-state index in [9.17, 15) is 9.59 Å². The molecule has 1 aliphatic heterocycles. The molecule has 1 N–H and O–H groups in total. The largest absolute Gasteiger partial charge is 0.493 e. The number of thioether (sulfide) groups is 1. The summed E-state index contributed by atoms with van der Waals surface area (Å²) in [6.07, 6.45) is 1.79. The fraction of sp³-hybridized carbons (Fsp3) is 0.148. The number of amides is 1. The summed E-state index contributed by atoms with van der Waals surface area (Å²) in [4.78, 5) is 30.8. The van der Waals surface area contributed by atoms with Crippen molar-refractivity contribution in [2.75, 3.05) is 13.7 Å². The highest BCUT2D eigenvalue weighted by molar-refractivity contribution is 9.10. The van der Waals surface area contributed by atoms with Gasteiger partial charge in [0, 0.05) is 11.0 Å². The summed E-state index contributed by atoms with van der Waals surface area (Å²) in [5, 5.41) is 9.62. The molecule has 0 atom stereocenters. The third kappa shape index (κ3) is 5.80. The van der Waals surface area contributed by atoms with Gasteiger partial charge in [-0.05, 0) is 72.3 Å². The number of carbonyl (C=O) groups is 2. The molecule has 0 unspecified atom stereocenters. The summed E-state index contributed by atoms with van der Waals surface area (Å²) in [5.74, 6) is -0.0181. The molecule has 7 nitrogen and oxygen atoms in total. The fourth-order valence-corrected chi connectivity index (χ4v) is 4.96. The average molecular weight is 567 g/mol. The molecule has 0 aliphatic carbocycles. The smallest absolute Gasteiger partial charge is 0.335 e. The molecule has 9 heteroatoms. The van der Waals surface area contributed by atoms with Gasteiger partial charge >= 0.3 is 5.97 Å². The fourth-order valence-electron chi connectivity index (χ4n) is 3.47. The monoisotopic (exact) mass is 566 g/mol. The first-order valence-corrected chi connectivity index (χ1v) is 12.7. The van der Waals surface area contributed by atoms with Gasteiger partial charge in [0.25, 0.3) is 5.91 Å². The first-order valence-electron chi connectivity index (χ1n) is 11.1. The molecule has 184 valence electrons. The van der Waals surface area contributed by atoms with Crippen molar-refractivity contribution < 1.29 is 24.2 Å². The Hall–Kier alpha value is -3.56. The van der Waals surface area contributed by atoms with E-state index < -0.39 is 5.97 Å². The maximum absolute atomic E-state index is 13.1. The number of carboxylic acid groups (broad SMARTS) is 1. The van der Waals surface area contributed by atoms with Crippen molar-refractivity contribution in [3.8, 4) is 11.5 Å². The van der Waals surface area contributed by atoms with E-state index in [1.807, 2.05) is 49.4 Å². The minimum atomic E-state index is -1.00. The van der Waals surface area contributed by atoms with Crippen LogP contribution in [0.5, 0.6) is 11.5 Å². The van der Waals surface area contributed by atoms with Crippen molar-refractivity contribution in [2.24, 2.45) is 4.99 Å². The number of aromatic carboxylic acids is 1. The molecule has 36 heavy (non-hydrogen) atoms. The maximum Gasteiger partial charge on any atom is 0.335 e. The molecule has 1 saturated heterocycles. The lowest BCUT2D eigenvalue weighted by Crippen LogP contribution is -2.28. The summed E-state index contributed by atoms with van der Waals surface area (Å²) < 4.78 is 12.3. The Balaban J connectivity index is 1.58. The Morgan fingerprint density at radius 1 is 1.11 bits per heavy atom. The Bertz CT molecular complexity index is 1340. The van der Waals surface area contributed by atoms with E-state index in [1.165, 1.54) is 23.9 Å². The number of ether oxygens (including phenoxy) is 2. The summed E-state index contributed by atoms with van der Waals surface area (Å²) >= 11 is 4.85. The van der Waals surface area contributed by atoms with Crippen LogP contribution in [0.2, 0.25) is 0 Å². The standard InChI is InChI=1S/C27H23BrN2O5S/c1-3-30-25(31)24(36-27(30)29-20-11-9-18(10-12-20)26(32)33)14-19-13-22(34-2)23(15-21(19)28)35-16-17-7-5-4-6-8-17/h4-15H,3,16H2,1-2H3,(H,32,33). The van der Waals surface area contributed by atoms with Crippen LogP contribution >= 0.6 is 27.7 Å². The van der Waals surface area contributed by atoms with E-state index in [1.54, 1.807) is 30.2 Å². The molecule has 0 radical (unpaired) electrons. The number of carbonyl (C=O) groups excluding carboxylic acids is 1. The van der Waals surface area contributed by atoms with Gasteiger partial charge in [-0.15, -0.1) is 0 Å². The number of nitrogens with zero attached hydrogens (tertiary/aromatic N) is 2. The average Bonchev–Trinajstić information content (AvgIpc) is 3.18. The van der Waals surface area contributed by atoms with E-state index in [0.717, 1.165) is 15.6 Å². The van der Waals surface area contributed by atoms with Crippen LogP contribution in [0.4, 0.5) is 5.69 Å². The van der Waals surface area contributed by atoms with Crippen LogP contribution in [0.25, 0.3) is 6.08 Å². The topological polar surface area (TPSA) is 88.4 Å². The Kier molecular flexibility index (Phi) is 8.12. The molecule has 0 spiro atoms. The third-order valence-corrected chi connectivity index (χ3v) is 7.04. The van der Waals surface area contributed by atoms with Crippen LogP contribution in [0, 0.1) is 0 Å². The zero-order chi connectivity index (χ0) is 25.7. The van der Waals surface area contributed by atoms with Crippen molar-refractivity contribution in [3.05, 3.63) is 92.8 Å². The lowest BCUT2D eigenvalue weighted by atomic mass is 10.1. The zero-order valence-corrected chi connectivity index (χ0v) is 22.0. The Morgan fingerprint density at radius 2 is 1.83 bits per heavy atom. The van der Waals surface area contributed by atoms with Crippen molar-refractivity contribution >= 4 is 56.5 Å². The first kappa shape index (κ1) is 25.5. The SMILES string of the molecule is CCN1C(=O)C(=Cc2cc(OC)c(OCc3ccccc3)cc2Br)SC1=Nc1ccc(C(=O)O)cc1. The molecule has 1 heterocycles. The molecule has 4 rings (SSSR count). The Labute approximate surface area is 221 Å². The van der Waals surface area contributed by atoms with Crippen LogP contribution in [0.15, 0.2) is 81.1 Å². The number of likely N-dealkylation sites (N-methyl/N-ethyl adjacent to an activating group) is 1. The van der Waals surface area contributed by atoms with E-state index in [2.05, 4.69) is 20.9 Å². The van der Waals surface area contributed by atoms with Crippen LogP contribution < -0.4 is 9.47 Å². The highest BCUT2D eigenvalue weighted by Gasteiger charge is 2.32. The normalized spacial score (nSPS) is 15.5. The molecule has 3 aromatic rings. The number of amidine groups is 1. The molecule has 3 aromatic carbocycles. The van der Waals surface area contributed by atoms with Gasteiger partial charge in [-0.25, -0.2) is 9.79 Å². The summed E-state index contributed by atoms with van der Waals surface area (Å²) in [7, 11) is 1.57. The van der Waals surface area contributed by atoms with Gasteiger partial charge in [0.1, 0.15) is 6.61 Å². The number of halogens is 1. The van der Waals surface area contributed by atoms with Crippen molar-refractivity contribution in [1.29, 1.82) is 0 Å². The number of benzene rings is 3. The molecule has 1 aliphatic rings. The van der Waals surface area contributed by atoms with Gasteiger partial charge in [-0.1, -0.05) is 46.3 Å². The highest BCUT2D eigenvalue weighted by Crippen LogP contribution is 2.39. The van der Waals surface area contributed by atoms with E-state index >= 15 is 0 Å². The number of carboxylic acids is 1. The third-order valence-electron chi connectivity index (χ3n) is 5.35. The quantitative estimate of drug-likeness (QED) is 0.319. The van der Waals surface area contributed by atoms with E-state index in [-0.39, 0.29) is 11.5 Å². The minimum Gasteiger partial charge on any atom is -0.493 e. The van der Waals surface area contributed by atoms with Gasteiger partial charge in [-0.3, -0.25) is 9.69 Å². The molecule has 0 aromatic heterocycles. The number of rotatable bonds is 8. The predicted molar refractivity (Wildman–Crippen MR) is 145 cm³/mol. The number of hydrogen-bond acceptors (Lipinski definition) is 6. The number of aliphatic imine (C=N–C) groups is 1. The van der Waals surface area contributed by atoms with E-state index in [0.29, 0.717) is 40.4 Å². The van der Waals surface area contributed by atoms with E-state index in [4.69, 9.17) is 14.6 Å². The predicted octanol–water partition coefficient (Wildman–Crippen LogP) is 6.36. The first-order chi connectivity index (χ1) is 17.4. The van der Waals surface area contributed by atoms with Gasteiger partial charge in [0.05, 0.1) is 23.3 Å². The van der Waals surface area contributed by atoms with Crippen LogP contribution in [0.3, 0.4) is 0 Å². The second-order valence-corrected chi connectivity index (χ2v) is 9.57. The molecule has 0 bridgehead atoms. The van der Waals surface area contributed by atoms with Gasteiger partial charge in [0.2, 0.25) is 0 Å². The summed E-state index contributed by atoms with van der Waals surface area (Å²) in [6, 6.07) is 19.7. The maximum atomic E-state index is 13.1. The van der Waals surface area contributed by atoms with Gasteiger partial charge in [-0.2, -0.15) is 0 Å². The molecule has 1 fully saturated rings. The summed E-state index contributed by atoms with van der Waals surface area (Å²) in [6.45, 7) is 2.73. The van der Waals surface area contributed by atoms with Gasteiger partial charge < -0.3 is 14.6 Å². The van der Waals surface area contributed by atoms with Crippen molar-refractivity contribution in [2.45, 2.75) is 13.5 Å². The molecule has 1 amide bonds. The van der Waals surface area contributed by atoms with Crippen molar-refractivity contribution in [1.82, 2.24) is 4.90 Å². The second kappa shape index (κ2) is 11.5. The number of methoxy groups -OCH3 is 1.